The maximum absolute atomic E-state index is 12.8. The van der Waals surface area contributed by atoms with E-state index in [4.69, 9.17) is 0 Å². The van der Waals surface area contributed by atoms with Gasteiger partial charge in [0.15, 0.2) is 5.65 Å². The van der Waals surface area contributed by atoms with Crippen molar-refractivity contribution in [3.05, 3.63) is 72.4 Å². The van der Waals surface area contributed by atoms with Crippen molar-refractivity contribution in [3.63, 3.8) is 0 Å². The zero-order valence-corrected chi connectivity index (χ0v) is 14.9. The Morgan fingerprint density at radius 1 is 0.800 bits per heavy atom. The number of halogens is 6. The SMILES string of the molecule is FC(F)(F)Oc1cccc(-c2cnc3ccc(-c4ccc(C(F)(F)F)cc4)nn23)c1. The first-order valence-electron chi connectivity index (χ1n) is 8.49. The van der Waals surface area contributed by atoms with E-state index < -0.39 is 23.9 Å². The predicted molar refractivity (Wildman–Crippen MR) is 95.5 cm³/mol. The third kappa shape index (κ3) is 4.07. The van der Waals surface area contributed by atoms with Crippen LogP contribution < -0.4 is 4.74 Å². The highest BCUT2D eigenvalue weighted by Gasteiger charge is 2.31. The summed E-state index contributed by atoms with van der Waals surface area (Å²) < 4.78 is 81.1. The van der Waals surface area contributed by atoms with E-state index in [2.05, 4.69) is 14.8 Å². The molecule has 0 aliphatic rings. The van der Waals surface area contributed by atoms with Crippen molar-refractivity contribution < 1.29 is 31.1 Å². The monoisotopic (exact) mass is 423 g/mol. The Labute approximate surface area is 165 Å². The van der Waals surface area contributed by atoms with Crippen LogP contribution in [0.4, 0.5) is 26.3 Å². The normalized spacial score (nSPS) is 12.3. The molecule has 0 unspecified atom stereocenters. The first-order valence-corrected chi connectivity index (χ1v) is 8.49. The van der Waals surface area contributed by atoms with Crippen molar-refractivity contribution in [1.29, 1.82) is 0 Å². The Morgan fingerprint density at radius 2 is 1.53 bits per heavy atom. The molecule has 0 N–H and O–H groups in total. The van der Waals surface area contributed by atoms with Crippen molar-refractivity contribution >= 4 is 5.65 Å². The molecule has 30 heavy (non-hydrogen) atoms. The van der Waals surface area contributed by atoms with Gasteiger partial charge in [0.25, 0.3) is 0 Å². The minimum atomic E-state index is -4.83. The molecule has 0 aliphatic carbocycles. The Hall–Kier alpha value is -3.56. The molecule has 154 valence electrons. The number of hydrogen-bond acceptors (Lipinski definition) is 3. The zero-order valence-electron chi connectivity index (χ0n) is 14.9. The van der Waals surface area contributed by atoms with Crippen LogP contribution >= 0.6 is 0 Å². The number of imidazole rings is 1. The maximum Gasteiger partial charge on any atom is 0.573 e. The van der Waals surface area contributed by atoms with Gasteiger partial charge in [0.1, 0.15) is 5.75 Å². The summed E-state index contributed by atoms with van der Waals surface area (Å²) in [6, 6.07) is 13.0. The van der Waals surface area contributed by atoms with Crippen LogP contribution in [-0.2, 0) is 6.18 Å². The van der Waals surface area contributed by atoms with Crippen molar-refractivity contribution in [1.82, 2.24) is 14.6 Å². The highest BCUT2D eigenvalue weighted by atomic mass is 19.4. The third-order valence-corrected chi connectivity index (χ3v) is 4.23. The minimum absolute atomic E-state index is 0.373. The topological polar surface area (TPSA) is 39.4 Å². The van der Waals surface area contributed by atoms with Gasteiger partial charge in [-0.3, -0.25) is 0 Å². The first-order chi connectivity index (χ1) is 14.1. The number of benzene rings is 2. The lowest BCUT2D eigenvalue weighted by molar-refractivity contribution is -0.274. The molecule has 2 heterocycles. The number of fused-ring (bicyclic) bond motifs is 1. The molecule has 0 aliphatic heterocycles. The number of hydrogen-bond donors (Lipinski definition) is 0. The number of rotatable bonds is 3. The lowest BCUT2D eigenvalue weighted by Crippen LogP contribution is -2.17. The van der Waals surface area contributed by atoms with E-state index >= 15 is 0 Å². The van der Waals surface area contributed by atoms with Crippen molar-refractivity contribution in [2.45, 2.75) is 12.5 Å². The molecule has 2 aromatic carbocycles. The second-order valence-electron chi connectivity index (χ2n) is 6.28. The molecule has 0 saturated carbocycles. The summed E-state index contributed by atoms with van der Waals surface area (Å²) in [6.45, 7) is 0. The minimum Gasteiger partial charge on any atom is -0.406 e. The summed E-state index contributed by atoms with van der Waals surface area (Å²) in [4.78, 5) is 4.17. The number of alkyl halides is 6. The van der Waals surface area contributed by atoms with Gasteiger partial charge in [-0.05, 0) is 36.4 Å². The average molecular weight is 423 g/mol. The van der Waals surface area contributed by atoms with Gasteiger partial charge in [-0.15, -0.1) is 13.2 Å². The smallest absolute Gasteiger partial charge is 0.406 e. The van der Waals surface area contributed by atoms with Crippen molar-refractivity contribution in [2.24, 2.45) is 0 Å². The molecule has 4 nitrogen and oxygen atoms in total. The third-order valence-electron chi connectivity index (χ3n) is 4.23. The summed E-state index contributed by atoms with van der Waals surface area (Å²) in [5.41, 5.74) is 1.23. The number of ether oxygens (including phenoxy) is 1. The number of nitrogens with zero attached hydrogens (tertiary/aromatic N) is 3. The quantitative estimate of drug-likeness (QED) is 0.381. The molecule has 0 saturated heterocycles. The van der Waals surface area contributed by atoms with E-state index in [1.807, 2.05) is 0 Å². The van der Waals surface area contributed by atoms with Gasteiger partial charge in [0.05, 0.1) is 23.1 Å². The van der Waals surface area contributed by atoms with Crippen LogP contribution in [0.15, 0.2) is 66.9 Å². The largest absolute Gasteiger partial charge is 0.573 e. The fraction of sp³-hybridized carbons (Fsp3) is 0.100. The predicted octanol–water partition coefficient (Wildman–Crippen LogP) is 5.98. The Morgan fingerprint density at radius 3 is 2.20 bits per heavy atom. The van der Waals surface area contributed by atoms with Crippen molar-refractivity contribution in [3.8, 4) is 28.3 Å². The van der Waals surface area contributed by atoms with Crippen LogP contribution in [-0.4, -0.2) is 21.0 Å². The standard InChI is InChI=1S/C20H11F6N3O/c21-19(22,23)14-6-4-12(5-7-14)16-8-9-18-27-11-17(29(18)28-16)13-2-1-3-15(10-13)30-20(24,25)26/h1-11H. The molecular formula is C20H11F6N3O. The van der Waals surface area contributed by atoms with E-state index in [1.165, 1.54) is 41.0 Å². The van der Waals surface area contributed by atoms with E-state index in [1.54, 1.807) is 18.2 Å². The Balaban J connectivity index is 1.73. The molecule has 0 atom stereocenters. The van der Waals surface area contributed by atoms with E-state index in [0.717, 1.165) is 12.1 Å². The molecule has 2 aromatic heterocycles. The van der Waals surface area contributed by atoms with E-state index in [0.29, 0.717) is 28.2 Å². The second-order valence-corrected chi connectivity index (χ2v) is 6.28. The molecule has 0 bridgehead atoms. The number of aromatic nitrogens is 3. The second kappa shape index (κ2) is 7.05. The average Bonchev–Trinajstić information content (AvgIpc) is 3.09. The van der Waals surface area contributed by atoms with E-state index in [9.17, 15) is 26.3 Å². The molecule has 0 spiro atoms. The van der Waals surface area contributed by atoms with Gasteiger partial charge < -0.3 is 4.74 Å². The van der Waals surface area contributed by atoms with Crippen molar-refractivity contribution in [2.75, 3.05) is 0 Å². The molecule has 0 radical (unpaired) electrons. The molecule has 4 rings (SSSR count). The molecule has 4 aromatic rings. The molecule has 10 heteroatoms. The van der Waals surface area contributed by atoms with Gasteiger partial charge in [-0.2, -0.15) is 18.3 Å². The fourth-order valence-corrected chi connectivity index (χ4v) is 2.91. The fourth-order valence-electron chi connectivity index (χ4n) is 2.91. The molecular weight excluding hydrogens is 412 g/mol. The van der Waals surface area contributed by atoms with Gasteiger partial charge in [-0.1, -0.05) is 24.3 Å². The maximum atomic E-state index is 12.8. The Kier molecular flexibility index (Phi) is 4.64. The molecule has 0 amide bonds. The summed E-state index contributed by atoms with van der Waals surface area (Å²) in [5, 5.41) is 4.39. The van der Waals surface area contributed by atoms with Gasteiger partial charge >= 0.3 is 12.5 Å². The van der Waals surface area contributed by atoms with Crippen LogP contribution in [0.2, 0.25) is 0 Å². The summed E-state index contributed by atoms with van der Waals surface area (Å²) in [5.74, 6) is -0.395. The van der Waals surface area contributed by atoms with Crippen LogP contribution in [0, 0.1) is 0 Å². The molecule has 0 fully saturated rings. The highest BCUT2D eigenvalue weighted by Crippen LogP contribution is 2.31. The highest BCUT2D eigenvalue weighted by molar-refractivity contribution is 5.67. The van der Waals surface area contributed by atoms with E-state index in [-0.39, 0.29) is 0 Å². The van der Waals surface area contributed by atoms with Crippen LogP contribution in [0.25, 0.3) is 28.2 Å². The first kappa shape index (κ1) is 19.7. The van der Waals surface area contributed by atoms with Gasteiger partial charge in [0, 0.05) is 11.1 Å². The van der Waals surface area contributed by atoms with Gasteiger partial charge in [-0.25, -0.2) is 9.50 Å². The zero-order chi connectivity index (χ0) is 21.5. The Bertz CT molecular complexity index is 1200. The lowest BCUT2D eigenvalue weighted by atomic mass is 10.1. The van der Waals surface area contributed by atoms with Gasteiger partial charge in [0.2, 0.25) is 0 Å². The lowest BCUT2D eigenvalue weighted by Gasteiger charge is -2.10. The summed E-state index contributed by atoms with van der Waals surface area (Å²) in [7, 11) is 0. The van der Waals surface area contributed by atoms with Crippen LogP contribution in [0.5, 0.6) is 5.75 Å². The summed E-state index contributed by atoms with van der Waals surface area (Å²) >= 11 is 0. The van der Waals surface area contributed by atoms with Crippen LogP contribution in [0.3, 0.4) is 0 Å². The summed E-state index contributed by atoms with van der Waals surface area (Å²) in [6.07, 6.45) is -7.84. The van der Waals surface area contributed by atoms with Crippen LogP contribution in [0.1, 0.15) is 5.56 Å².